The molecule has 0 bridgehead atoms. The van der Waals surface area contributed by atoms with Crippen molar-refractivity contribution in [3.8, 4) is 0 Å². The molecular formula is C9H4F17NO5. The zero-order valence-electron chi connectivity index (χ0n) is 13.7. The van der Waals surface area contributed by atoms with Crippen LogP contribution in [-0.4, -0.2) is 59.8 Å². The van der Waals surface area contributed by atoms with Gasteiger partial charge >= 0.3 is 54.7 Å². The van der Waals surface area contributed by atoms with Gasteiger partial charge in [0.15, 0.2) is 0 Å². The van der Waals surface area contributed by atoms with E-state index in [9.17, 15) is 79.4 Å². The van der Waals surface area contributed by atoms with Crippen molar-refractivity contribution in [3.05, 3.63) is 0 Å². The molecule has 0 aromatic rings. The first kappa shape index (κ1) is 32.3. The molecule has 6 nitrogen and oxygen atoms in total. The van der Waals surface area contributed by atoms with E-state index < -0.39 is 54.7 Å². The third kappa shape index (κ3) is 6.12. The Hall–Kier alpha value is -1.88. The Morgan fingerprint density at radius 1 is 0.500 bits per heavy atom. The number of rotatable bonds is 10. The van der Waals surface area contributed by atoms with Crippen LogP contribution >= 0.6 is 0 Å². The van der Waals surface area contributed by atoms with Crippen LogP contribution in [0.1, 0.15) is 0 Å². The lowest BCUT2D eigenvalue weighted by molar-refractivity contribution is -0.566. The lowest BCUT2D eigenvalue weighted by Crippen LogP contribution is -2.61. The number of aliphatic carboxylic acids is 1. The second-order valence-electron chi connectivity index (χ2n) is 4.78. The Morgan fingerprint density at radius 3 is 1.00 bits per heavy atom. The minimum absolute atomic E-state index is 0. The predicted molar refractivity (Wildman–Crippen MR) is 56.6 cm³/mol. The molecule has 0 atom stereocenters. The molecule has 0 amide bonds. The summed E-state index contributed by atoms with van der Waals surface area (Å²) in [5.41, 5.74) is 0. The molecule has 0 aromatic heterocycles. The van der Waals surface area contributed by atoms with Crippen LogP contribution in [0.5, 0.6) is 0 Å². The van der Waals surface area contributed by atoms with Gasteiger partial charge in [0.05, 0.1) is 0 Å². The van der Waals surface area contributed by atoms with Crippen LogP contribution in [0.3, 0.4) is 0 Å². The lowest BCUT2D eigenvalue weighted by Gasteiger charge is -2.35. The van der Waals surface area contributed by atoms with Crippen LogP contribution in [0, 0.1) is 0 Å². The third-order valence-corrected chi connectivity index (χ3v) is 2.42. The zero-order chi connectivity index (χ0) is 25.7. The average molecular weight is 529 g/mol. The molecule has 32 heavy (non-hydrogen) atoms. The minimum atomic E-state index is -7.71. The summed E-state index contributed by atoms with van der Waals surface area (Å²) in [6, 6.07) is 0. The number of carboxylic acids is 1. The van der Waals surface area contributed by atoms with Crippen LogP contribution in [-0.2, 0) is 19.0 Å². The molecule has 0 spiro atoms. The normalized spacial score (nSPS) is 15.4. The molecule has 4 N–H and O–H groups in total. The molecular weight excluding hydrogens is 525 g/mol. The summed E-state index contributed by atoms with van der Waals surface area (Å²) in [7, 11) is 0. The number of ether oxygens (including phenoxy) is 3. The number of alkyl halides is 17. The summed E-state index contributed by atoms with van der Waals surface area (Å²) in [5, 5.41) is 7.67. The van der Waals surface area contributed by atoms with Crippen molar-refractivity contribution in [1.82, 2.24) is 6.15 Å². The molecule has 0 aliphatic rings. The Morgan fingerprint density at radius 2 is 0.750 bits per heavy atom. The van der Waals surface area contributed by atoms with Crippen LogP contribution in [0.15, 0.2) is 0 Å². The van der Waals surface area contributed by atoms with Gasteiger partial charge in [-0.1, -0.05) is 0 Å². The number of hydrogen-bond donors (Lipinski definition) is 2. The van der Waals surface area contributed by atoms with E-state index in [0.29, 0.717) is 0 Å². The second-order valence-corrected chi connectivity index (χ2v) is 4.78. The molecule has 0 saturated heterocycles. The fourth-order valence-corrected chi connectivity index (χ4v) is 0.993. The van der Waals surface area contributed by atoms with E-state index in [0.717, 1.165) is 0 Å². The van der Waals surface area contributed by atoms with Crippen molar-refractivity contribution in [1.29, 1.82) is 0 Å². The molecule has 23 heteroatoms. The number of hydrogen-bond acceptors (Lipinski definition) is 5. The monoisotopic (exact) mass is 529 g/mol. The van der Waals surface area contributed by atoms with Crippen LogP contribution < -0.4 is 6.15 Å². The highest BCUT2D eigenvalue weighted by atomic mass is 19.4. The fourth-order valence-electron chi connectivity index (χ4n) is 0.993. The van der Waals surface area contributed by atoms with Crippen molar-refractivity contribution < 1.29 is 98.7 Å². The summed E-state index contributed by atoms with van der Waals surface area (Å²) < 4.78 is 217. The van der Waals surface area contributed by atoms with Crippen molar-refractivity contribution in [2.45, 2.75) is 48.8 Å². The van der Waals surface area contributed by atoms with Gasteiger partial charge in [0.25, 0.3) is 0 Å². The molecule has 0 aliphatic carbocycles. The van der Waals surface area contributed by atoms with Gasteiger partial charge in [-0.3, -0.25) is 0 Å². The van der Waals surface area contributed by atoms with Crippen molar-refractivity contribution >= 4 is 5.97 Å². The maximum absolute atomic E-state index is 12.9. The van der Waals surface area contributed by atoms with Gasteiger partial charge in [-0.25, -0.2) is 19.0 Å². The molecule has 0 aliphatic heterocycles. The van der Waals surface area contributed by atoms with Crippen LogP contribution in [0.25, 0.3) is 0 Å². The summed E-state index contributed by atoms with van der Waals surface area (Å²) in [6.45, 7) is 0. The number of carboxylic acid groups (broad SMARTS) is 1. The lowest BCUT2D eigenvalue weighted by atomic mass is 10.3. The maximum Gasteiger partial charge on any atom is 0.462 e. The Bertz CT molecular complexity index is 674. The van der Waals surface area contributed by atoms with E-state index >= 15 is 0 Å². The second kappa shape index (κ2) is 8.48. The molecule has 0 saturated carbocycles. The van der Waals surface area contributed by atoms with Crippen LogP contribution in [0.2, 0.25) is 0 Å². The van der Waals surface area contributed by atoms with E-state index in [1.807, 2.05) is 0 Å². The summed E-state index contributed by atoms with van der Waals surface area (Å²) in [4.78, 5) is 9.77. The van der Waals surface area contributed by atoms with Gasteiger partial charge in [-0.2, -0.15) is 74.6 Å². The van der Waals surface area contributed by atoms with E-state index in [2.05, 4.69) is 0 Å². The van der Waals surface area contributed by atoms with Gasteiger partial charge in [-0.05, 0) is 0 Å². The van der Waals surface area contributed by atoms with Gasteiger partial charge < -0.3 is 11.3 Å². The third-order valence-electron chi connectivity index (χ3n) is 2.42. The number of halogens is 17. The highest BCUT2D eigenvalue weighted by Gasteiger charge is 2.80. The van der Waals surface area contributed by atoms with Crippen molar-refractivity contribution in [2.24, 2.45) is 0 Å². The van der Waals surface area contributed by atoms with E-state index in [1.54, 1.807) is 4.74 Å². The molecule has 0 fully saturated rings. The smallest absolute Gasteiger partial charge is 0.462 e. The standard InChI is InChI=1S/C9HF17O5.H3N/c10-2(11,1(27)28)29-6(19,20)7(21,22)31-9(25,26)8(23,24)30-5(17,18)3(12,13)4(14,15)16;/h(H,27,28);1H3. The molecule has 194 valence electrons. The molecule has 0 radical (unpaired) electrons. The fraction of sp³-hybridized carbons (Fsp3) is 0.889. The predicted octanol–water partition coefficient (Wildman–Crippen LogP) is 5.04. The van der Waals surface area contributed by atoms with Crippen LogP contribution in [0.4, 0.5) is 74.6 Å². The van der Waals surface area contributed by atoms with Gasteiger partial charge in [0.2, 0.25) is 0 Å². The minimum Gasteiger partial charge on any atom is -0.475 e. The SMILES string of the molecule is N.O=C(O)C(F)(F)OC(F)(F)C(F)(F)OC(F)(F)C(F)(F)OC(F)(F)C(F)(F)C(F)(F)F. The first-order valence-corrected chi connectivity index (χ1v) is 6.12. The zero-order valence-corrected chi connectivity index (χ0v) is 13.7. The largest absolute Gasteiger partial charge is 0.475 e. The van der Waals surface area contributed by atoms with Gasteiger partial charge in [0, 0.05) is 0 Å². The van der Waals surface area contributed by atoms with E-state index in [4.69, 9.17) is 5.11 Å². The van der Waals surface area contributed by atoms with Gasteiger partial charge in [0.1, 0.15) is 0 Å². The van der Waals surface area contributed by atoms with Crippen molar-refractivity contribution in [2.75, 3.05) is 0 Å². The molecule has 0 heterocycles. The Labute approximate surface area is 161 Å². The quantitative estimate of drug-likeness (QED) is 0.385. The number of carbonyl (C=O) groups is 1. The maximum atomic E-state index is 12.9. The highest BCUT2D eigenvalue weighted by molar-refractivity contribution is 5.73. The molecule has 0 rings (SSSR count). The van der Waals surface area contributed by atoms with E-state index in [1.165, 1.54) is 9.47 Å². The highest BCUT2D eigenvalue weighted by Crippen LogP contribution is 2.53. The first-order chi connectivity index (χ1) is 13.1. The molecule has 0 aromatic carbocycles. The Kier molecular flexibility index (Phi) is 8.56. The molecule has 0 unspecified atom stereocenters. The van der Waals surface area contributed by atoms with Gasteiger partial charge in [-0.15, -0.1) is 0 Å². The summed E-state index contributed by atoms with van der Waals surface area (Å²) in [6.07, 6.45) is -51.7. The first-order valence-electron chi connectivity index (χ1n) is 6.12. The average Bonchev–Trinajstić information content (AvgIpc) is 2.41. The van der Waals surface area contributed by atoms with Crippen molar-refractivity contribution in [3.63, 3.8) is 0 Å². The summed E-state index contributed by atoms with van der Waals surface area (Å²) >= 11 is 0. The van der Waals surface area contributed by atoms with E-state index in [-0.39, 0.29) is 6.15 Å². The Balaban J connectivity index is 0. The summed E-state index contributed by atoms with van der Waals surface area (Å²) in [5.74, 6) is -11.5. The topological polar surface area (TPSA) is 100.0 Å².